The molecule has 1 fully saturated rings. The topological polar surface area (TPSA) is 67.2 Å². The molecule has 0 unspecified atom stereocenters. The van der Waals surface area contributed by atoms with Gasteiger partial charge in [-0.3, -0.25) is 4.79 Å². The number of nitrogens with one attached hydrogen (secondary N) is 2. The van der Waals surface area contributed by atoms with Crippen molar-refractivity contribution in [1.29, 1.82) is 0 Å². The molecule has 0 aliphatic carbocycles. The number of hydrogen-bond acceptors (Lipinski definition) is 4. The van der Waals surface area contributed by atoms with E-state index in [4.69, 9.17) is 4.42 Å². The number of oxazole rings is 1. The van der Waals surface area contributed by atoms with Crippen LogP contribution >= 0.6 is 0 Å². The molecule has 5 nitrogen and oxygen atoms in total. The summed E-state index contributed by atoms with van der Waals surface area (Å²) >= 11 is 0. The van der Waals surface area contributed by atoms with Crippen LogP contribution in [0.3, 0.4) is 0 Å². The molecule has 1 aromatic heterocycles. The van der Waals surface area contributed by atoms with Gasteiger partial charge < -0.3 is 15.1 Å². The van der Waals surface area contributed by atoms with Crippen LogP contribution in [0.5, 0.6) is 0 Å². The van der Waals surface area contributed by atoms with Crippen molar-refractivity contribution in [3.8, 4) is 11.3 Å². The Bertz CT molecular complexity index is 557. The summed E-state index contributed by atoms with van der Waals surface area (Å²) < 4.78 is 5.24. The second-order valence-electron chi connectivity index (χ2n) is 4.93. The Hall–Kier alpha value is -2.14. The summed E-state index contributed by atoms with van der Waals surface area (Å²) in [5.74, 6) is 0.831. The maximum absolute atomic E-state index is 11.9. The highest BCUT2D eigenvalue weighted by molar-refractivity contribution is 5.82. The van der Waals surface area contributed by atoms with Gasteiger partial charge in [0.25, 0.3) is 0 Å². The van der Waals surface area contributed by atoms with Gasteiger partial charge in [-0.2, -0.15) is 0 Å². The zero-order valence-electron chi connectivity index (χ0n) is 11.1. The van der Waals surface area contributed by atoms with Crippen LogP contribution in [0.1, 0.15) is 18.4 Å². The fraction of sp³-hybridized carbons (Fsp3) is 0.333. The maximum atomic E-state index is 11.9. The summed E-state index contributed by atoms with van der Waals surface area (Å²) in [5, 5.41) is 6.15. The first-order valence-corrected chi connectivity index (χ1v) is 6.82. The number of amides is 1. The van der Waals surface area contributed by atoms with Gasteiger partial charge in [0.05, 0.1) is 12.2 Å². The standard InChI is InChI=1S/C15H17N3O2/c19-15(13-2-1-7-17-13)18-8-11-3-5-12(6-4-11)14-9-16-10-20-14/h3-6,9-10,13,17H,1-2,7-8H2,(H,18,19)/t13-/m0/s1. The molecule has 0 bridgehead atoms. The van der Waals surface area contributed by atoms with Gasteiger partial charge in [-0.1, -0.05) is 24.3 Å². The van der Waals surface area contributed by atoms with Crippen molar-refractivity contribution in [2.24, 2.45) is 0 Å². The third-order valence-electron chi connectivity index (χ3n) is 3.51. The number of rotatable bonds is 4. The van der Waals surface area contributed by atoms with Gasteiger partial charge in [0.2, 0.25) is 5.91 Å². The van der Waals surface area contributed by atoms with Crippen LogP contribution in [0.4, 0.5) is 0 Å². The minimum absolute atomic E-state index is 0.0246. The lowest BCUT2D eigenvalue weighted by Gasteiger charge is -2.11. The molecule has 1 aliphatic rings. The molecule has 1 amide bonds. The first kappa shape index (κ1) is 12.9. The van der Waals surface area contributed by atoms with Crippen LogP contribution in [-0.4, -0.2) is 23.5 Å². The van der Waals surface area contributed by atoms with Gasteiger partial charge in [-0.05, 0) is 24.9 Å². The molecule has 5 heteroatoms. The smallest absolute Gasteiger partial charge is 0.237 e. The molecule has 0 saturated carbocycles. The molecule has 20 heavy (non-hydrogen) atoms. The van der Waals surface area contributed by atoms with E-state index in [1.165, 1.54) is 6.39 Å². The summed E-state index contributed by atoms with van der Waals surface area (Å²) in [6, 6.07) is 7.88. The summed E-state index contributed by atoms with van der Waals surface area (Å²) in [4.78, 5) is 15.8. The van der Waals surface area contributed by atoms with E-state index in [2.05, 4.69) is 15.6 Å². The van der Waals surface area contributed by atoms with E-state index < -0.39 is 0 Å². The van der Waals surface area contributed by atoms with Crippen LogP contribution in [0.25, 0.3) is 11.3 Å². The van der Waals surface area contributed by atoms with Crippen LogP contribution in [0.2, 0.25) is 0 Å². The molecular formula is C15H17N3O2. The van der Waals surface area contributed by atoms with Gasteiger partial charge in [0.1, 0.15) is 0 Å². The van der Waals surface area contributed by atoms with Crippen LogP contribution in [0, 0.1) is 0 Å². The van der Waals surface area contributed by atoms with E-state index in [0.717, 1.165) is 36.3 Å². The lowest BCUT2D eigenvalue weighted by atomic mass is 10.1. The second-order valence-corrected chi connectivity index (χ2v) is 4.93. The average Bonchev–Trinajstić information content (AvgIpc) is 3.18. The van der Waals surface area contributed by atoms with Crippen molar-refractivity contribution in [2.45, 2.75) is 25.4 Å². The summed E-state index contributed by atoms with van der Waals surface area (Å²) in [7, 11) is 0. The fourth-order valence-corrected chi connectivity index (χ4v) is 2.37. The maximum Gasteiger partial charge on any atom is 0.237 e. The Morgan fingerprint density at radius 1 is 1.40 bits per heavy atom. The Labute approximate surface area is 117 Å². The molecule has 1 atom stereocenters. The summed E-state index contributed by atoms with van der Waals surface area (Å²) in [6.07, 6.45) is 5.10. The fourth-order valence-electron chi connectivity index (χ4n) is 2.37. The van der Waals surface area contributed by atoms with Crippen LogP contribution in [-0.2, 0) is 11.3 Å². The molecule has 0 radical (unpaired) electrons. The molecule has 1 saturated heterocycles. The predicted octanol–water partition coefficient (Wildman–Crippen LogP) is 1.71. The molecule has 104 valence electrons. The van der Waals surface area contributed by atoms with Crippen molar-refractivity contribution >= 4 is 5.91 Å². The van der Waals surface area contributed by atoms with E-state index in [1.807, 2.05) is 24.3 Å². The van der Waals surface area contributed by atoms with E-state index in [0.29, 0.717) is 6.54 Å². The van der Waals surface area contributed by atoms with Crippen molar-refractivity contribution in [1.82, 2.24) is 15.6 Å². The van der Waals surface area contributed by atoms with Gasteiger partial charge >= 0.3 is 0 Å². The minimum Gasteiger partial charge on any atom is -0.444 e. The molecule has 1 aromatic carbocycles. The highest BCUT2D eigenvalue weighted by Crippen LogP contribution is 2.18. The third-order valence-corrected chi connectivity index (χ3v) is 3.51. The first-order chi connectivity index (χ1) is 9.83. The van der Waals surface area contributed by atoms with E-state index >= 15 is 0 Å². The Balaban J connectivity index is 1.57. The second kappa shape index (κ2) is 5.88. The zero-order chi connectivity index (χ0) is 13.8. The Morgan fingerprint density at radius 2 is 2.25 bits per heavy atom. The molecule has 0 spiro atoms. The van der Waals surface area contributed by atoms with Crippen LogP contribution in [0.15, 0.2) is 41.3 Å². The van der Waals surface area contributed by atoms with Gasteiger partial charge in [0.15, 0.2) is 12.2 Å². The highest BCUT2D eigenvalue weighted by atomic mass is 16.3. The van der Waals surface area contributed by atoms with Crippen molar-refractivity contribution in [2.75, 3.05) is 6.54 Å². The quantitative estimate of drug-likeness (QED) is 0.888. The number of nitrogens with zero attached hydrogens (tertiary/aromatic N) is 1. The van der Waals surface area contributed by atoms with Gasteiger partial charge in [0, 0.05) is 12.1 Å². The van der Waals surface area contributed by atoms with E-state index in [1.54, 1.807) is 6.20 Å². The summed E-state index contributed by atoms with van der Waals surface area (Å²) in [5.41, 5.74) is 2.05. The predicted molar refractivity (Wildman–Crippen MR) is 74.8 cm³/mol. The number of benzene rings is 1. The molecule has 2 N–H and O–H groups in total. The highest BCUT2D eigenvalue weighted by Gasteiger charge is 2.21. The average molecular weight is 271 g/mol. The van der Waals surface area contributed by atoms with Crippen molar-refractivity contribution in [3.63, 3.8) is 0 Å². The van der Waals surface area contributed by atoms with E-state index in [-0.39, 0.29) is 11.9 Å². The summed E-state index contributed by atoms with van der Waals surface area (Å²) in [6.45, 7) is 1.48. The number of carbonyl (C=O) groups excluding carboxylic acids is 1. The molecule has 3 rings (SSSR count). The molecule has 2 aromatic rings. The lowest BCUT2D eigenvalue weighted by molar-refractivity contribution is -0.122. The monoisotopic (exact) mass is 271 g/mol. The van der Waals surface area contributed by atoms with Crippen LogP contribution < -0.4 is 10.6 Å². The van der Waals surface area contributed by atoms with Gasteiger partial charge in [-0.25, -0.2) is 4.98 Å². The number of hydrogen-bond donors (Lipinski definition) is 2. The first-order valence-electron chi connectivity index (χ1n) is 6.82. The largest absolute Gasteiger partial charge is 0.444 e. The van der Waals surface area contributed by atoms with Crippen molar-refractivity contribution < 1.29 is 9.21 Å². The minimum atomic E-state index is -0.0246. The van der Waals surface area contributed by atoms with Crippen molar-refractivity contribution in [3.05, 3.63) is 42.4 Å². The molecule has 1 aliphatic heterocycles. The lowest BCUT2D eigenvalue weighted by Crippen LogP contribution is -2.39. The number of aromatic nitrogens is 1. The van der Waals surface area contributed by atoms with Gasteiger partial charge in [-0.15, -0.1) is 0 Å². The SMILES string of the molecule is O=C(NCc1ccc(-c2cnco2)cc1)[C@@H]1CCCN1. The number of carbonyl (C=O) groups is 1. The Kier molecular flexibility index (Phi) is 3.78. The van der Waals surface area contributed by atoms with E-state index in [9.17, 15) is 4.79 Å². The Morgan fingerprint density at radius 3 is 2.90 bits per heavy atom. The third kappa shape index (κ3) is 2.88. The normalized spacial score (nSPS) is 18.1. The zero-order valence-corrected chi connectivity index (χ0v) is 11.1. The molecule has 2 heterocycles. The molecular weight excluding hydrogens is 254 g/mol.